The van der Waals surface area contributed by atoms with Crippen molar-refractivity contribution in [3.8, 4) is 0 Å². The second kappa shape index (κ2) is 8.68. The summed E-state index contributed by atoms with van der Waals surface area (Å²) in [4.78, 5) is 13.2. The van der Waals surface area contributed by atoms with E-state index < -0.39 is 8.07 Å². The highest BCUT2D eigenvalue weighted by molar-refractivity contribution is 8.00. The van der Waals surface area contributed by atoms with Gasteiger partial charge in [-0.15, -0.1) is 11.8 Å². The molecule has 0 aliphatic carbocycles. The lowest BCUT2D eigenvalue weighted by Crippen LogP contribution is -2.50. The van der Waals surface area contributed by atoms with Crippen molar-refractivity contribution < 1.29 is 4.79 Å². The molecule has 0 aliphatic rings. The molecule has 0 N–H and O–H groups in total. The van der Waals surface area contributed by atoms with Gasteiger partial charge >= 0.3 is 0 Å². The maximum absolute atomic E-state index is 12.0. The Morgan fingerprint density at radius 1 is 0.958 bits per heavy atom. The van der Waals surface area contributed by atoms with E-state index in [1.165, 1.54) is 16.4 Å². The largest absolute Gasteiger partial charge is 0.302 e. The molecule has 2 aromatic rings. The van der Waals surface area contributed by atoms with Gasteiger partial charge in [-0.1, -0.05) is 80.7 Å². The molecular weight excluding hydrogens is 328 g/mol. The summed E-state index contributed by atoms with van der Waals surface area (Å²) in [6.07, 6.45) is 2.28. The Labute approximate surface area is 151 Å². The van der Waals surface area contributed by atoms with Gasteiger partial charge in [0.15, 0.2) is 0 Å². The van der Waals surface area contributed by atoms with Crippen LogP contribution < -0.4 is 5.19 Å². The van der Waals surface area contributed by atoms with E-state index in [1.54, 1.807) is 11.8 Å². The Morgan fingerprint density at radius 2 is 1.50 bits per heavy atom. The summed E-state index contributed by atoms with van der Waals surface area (Å²) in [6.45, 7) is 9.35. The number of hydrogen-bond donors (Lipinski definition) is 0. The summed E-state index contributed by atoms with van der Waals surface area (Å²) < 4.78 is 0. The van der Waals surface area contributed by atoms with Gasteiger partial charge in [0.25, 0.3) is 0 Å². The van der Waals surface area contributed by atoms with Gasteiger partial charge in [0.2, 0.25) is 0 Å². The van der Waals surface area contributed by atoms with E-state index in [-0.39, 0.29) is 5.25 Å². The van der Waals surface area contributed by atoms with Crippen molar-refractivity contribution >= 4 is 31.3 Å². The Bertz CT molecular complexity index is 625. The first kappa shape index (κ1) is 19.0. The van der Waals surface area contributed by atoms with Crippen molar-refractivity contribution in [3.05, 3.63) is 60.7 Å². The molecule has 0 fully saturated rings. The zero-order valence-corrected chi connectivity index (χ0v) is 16.9. The molecule has 0 radical (unpaired) electrons. The molecule has 2 aromatic carbocycles. The van der Waals surface area contributed by atoms with Crippen LogP contribution in [0.15, 0.2) is 65.6 Å². The van der Waals surface area contributed by atoms with Crippen molar-refractivity contribution in [1.82, 2.24) is 0 Å². The minimum absolute atomic E-state index is 0.0108. The van der Waals surface area contributed by atoms with Crippen LogP contribution in [-0.2, 0) is 4.79 Å². The zero-order chi connectivity index (χ0) is 17.6. The summed E-state index contributed by atoms with van der Waals surface area (Å²) in [5.41, 5.74) is 0.419. The topological polar surface area (TPSA) is 17.1 Å². The second-order valence-electron chi connectivity index (χ2n) is 7.36. The van der Waals surface area contributed by atoms with Gasteiger partial charge in [-0.3, -0.25) is 0 Å². The lowest BCUT2D eigenvalue weighted by molar-refractivity contribution is -0.107. The van der Waals surface area contributed by atoms with Crippen LogP contribution in [0.2, 0.25) is 18.6 Å². The fourth-order valence-corrected chi connectivity index (χ4v) is 8.91. The van der Waals surface area contributed by atoms with Gasteiger partial charge < -0.3 is 4.79 Å². The first-order valence-corrected chi connectivity index (χ1v) is 12.6. The normalized spacial score (nSPS) is 14.4. The van der Waals surface area contributed by atoms with Crippen molar-refractivity contribution in [2.45, 2.75) is 49.0 Å². The van der Waals surface area contributed by atoms with Gasteiger partial charge in [0.1, 0.15) is 6.29 Å². The second-order valence-corrected chi connectivity index (χ2v) is 13.4. The Hall–Kier alpha value is -1.32. The van der Waals surface area contributed by atoms with E-state index >= 15 is 0 Å². The molecule has 0 spiro atoms. The van der Waals surface area contributed by atoms with E-state index in [0.717, 1.165) is 6.42 Å². The van der Waals surface area contributed by atoms with E-state index in [9.17, 15) is 4.79 Å². The van der Waals surface area contributed by atoms with Crippen molar-refractivity contribution in [2.75, 3.05) is 0 Å². The lowest BCUT2D eigenvalue weighted by Gasteiger charge is -2.37. The molecule has 2 atom stereocenters. The molecule has 0 amide bonds. The minimum atomic E-state index is -1.76. The van der Waals surface area contributed by atoms with Crippen LogP contribution in [0.1, 0.15) is 20.3 Å². The predicted octanol–water partition coefficient (Wildman–Crippen LogP) is 5.38. The number of benzene rings is 2. The number of hydrogen-bond acceptors (Lipinski definition) is 2. The quantitative estimate of drug-likeness (QED) is 0.359. The van der Waals surface area contributed by atoms with Gasteiger partial charge in [0, 0.05) is 4.90 Å². The van der Waals surface area contributed by atoms with Crippen molar-refractivity contribution in [2.24, 2.45) is 5.92 Å². The Kier molecular flexibility index (Phi) is 6.87. The summed E-state index contributed by atoms with van der Waals surface area (Å²) in [7, 11) is -1.76. The third-order valence-electron chi connectivity index (χ3n) is 4.72. The first-order valence-electron chi connectivity index (χ1n) is 8.67. The number of carbonyl (C=O) groups is 1. The number of carbonyl (C=O) groups excluding carboxylic acids is 1. The lowest BCUT2D eigenvalue weighted by atomic mass is 10.1. The third kappa shape index (κ3) is 4.84. The Morgan fingerprint density at radius 3 is 2.00 bits per heavy atom. The monoisotopic (exact) mass is 356 g/mol. The number of aldehydes is 1. The predicted molar refractivity (Wildman–Crippen MR) is 109 cm³/mol. The average Bonchev–Trinajstić information content (AvgIpc) is 2.59. The molecule has 0 aromatic heterocycles. The van der Waals surface area contributed by atoms with Crippen LogP contribution in [0, 0.1) is 5.92 Å². The number of rotatable bonds is 8. The van der Waals surface area contributed by atoms with E-state index in [4.69, 9.17) is 0 Å². The fraction of sp³-hybridized carbons (Fsp3) is 0.381. The molecule has 0 unspecified atom stereocenters. The standard InChI is InChI=1S/C21H28OSSi/c1-17(2)15-21(24(3,4)19-13-9-6-10-14-19)20(16-22)23-18-11-7-5-8-12-18/h5-14,16-17,20-21H,15H2,1-4H3/t20-,21+/m0/s1. The molecule has 1 nitrogen and oxygen atoms in total. The number of thioether (sulfide) groups is 1. The first-order chi connectivity index (χ1) is 11.4. The highest BCUT2D eigenvalue weighted by atomic mass is 32.2. The van der Waals surface area contributed by atoms with E-state index in [0.29, 0.717) is 11.5 Å². The van der Waals surface area contributed by atoms with E-state index in [2.05, 4.69) is 69.4 Å². The SMILES string of the molecule is CC(C)C[C@H]([C@H](C=O)Sc1ccccc1)[Si](C)(C)c1ccccc1. The molecule has 2 rings (SSSR count). The van der Waals surface area contributed by atoms with Crippen molar-refractivity contribution in [1.29, 1.82) is 0 Å². The van der Waals surface area contributed by atoms with Crippen LogP contribution in [-0.4, -0.2) is 19.6 Å². The van der Waals surface area contributed by atoms with Gasteiger partial charge in [-0.25, -0.2) is 0 Å². The van der Waals surface area contributed by atoms with Crippen LogP contribution in [0.3, 0.4) is 0 Å². The smallest absolute Gasteiger partial charge is 0.133 e. The van der Waals surface area contributed by atoms with Crippen LogP contribution in [0.25, 0.3) is 0 Å². The van der Waals surface area contributed by atoms with Gasteiger partial charge in [-0.2, -0.15) is 0 Å². The molecule has 0 aliphatic heterocycles. The maximum Gasteiger partial charge on any atom is 0.133 e. The highest BCUT2D eigenvalue weighted by Crippen LogP contribution is 2.40. The summed E-state index contributed by atoms with van der Waals surface area (Å²) >= 11 is 1.73. The molecule has 0 heterocycles. The molecule has 0 saturated carbocycles. The third-order valence-corrected chi connectivity index (χ3v) is 10.5. The zero-order valence-electron chi connectivity index (χ0n) is 15.1. The van der Waals surface area contributed by atoms with E-state index in [1.807, 2.05) is 18.2 Å². The van der Waals surface area contributed by atoms with Gasteiger partial charge in [-0.05, 0) is 30.0 Å². The fourth-order valence-electron chi connectivity index (χ4n) is 3.29. The summed E-state index contributed by atoms with van der Waals surface area (Å²) in [5.74, 6) is 0.587. The minimum Gasteiger partial charge on any atom is -0.302 e. The average molecular weight is 357 g/mol. The molecule has 0 saturated heterocycles. The van der Waals surface area contributed by atoms with Crippen LogP contribution >= 0.6 is 11.8 Å². The molecule has 0 bridgehead atoms. The summed E-state index contributed by atoms with van der Waals surface area (Å²) in [6, 6.07) is 21.1. The summed E-state index contributed by atoms with van der Waals surface area (Å²) in [5, 5.41) is 1.45. The molecule has 3 heteroatoms. The van der Waals surface area contributed by atoms with Gasteiger partial charge in [0.05, 0.1) is 13.3 Å². The maximum atomic E-state index is 12.0. The molecular formula is C21H28OSSi. The van der Waals surface area contributed by atoms with Crippen LogP contribution in [0.5, 0.6) is 0 Å². The Balaban J connectivity index is 2.33. The molecule has 128 valence electrons. The van der Waals surface area contributed by atoms with Crippen LogP contribution in [0.4, 0.5) is 0 Å². The molecule has 24 heavy (non-hydrogen) atoms. The highest BCUT2D eigenvalue weighted by Gasteiger charge is 2.39. The van der Waals surface area contributed by atoms with Crippen molar-refractivity contribution in [3.63, 3.8) is 0 Å².